The van der Waals surface area contributed by atoms with Gasteiger partial charge in [-0.15, -0.1) is 0 Å². The van der Waals surface area contributed by atoms with Gasteiger partial charge < -0.3 is 19.1 Å². The Balaban J connectivity index is 1.30. The average molecular weight is 349 g/mol. The van der Waals surface area contributed by atoms with Crippen molar-refractivity contribution in [1.82, 2.24) is 15.1 Å². The van der Waals surface area contributed by atoms with Gasteiger partial charge in [-0.3, -0.25) is 5.10 Å². The SMILES string of the molecule is CC1(C)COC(C)(CCN2CCC3(CC2)OCCc2cn[nH]c23)OC1. The van der Waals surface area contributed by atoms with E-state index in [-0.39, 0.29) is 11.0 Å². The Labute approximate surface area is 150 Å². The first-order valence-corrected chi connectivity index (χ1v) is 9.57. The van der Waals surface area contributed by atoms with Crippen molar-refractivity contribution in [3.05, 3.63) is 17.5 Å². The molecule has 2 saturated heterocycles. The van der Waals surface area contributed by atoms with Crippen molar-refractivity contribution >= 4 is 0 Å². The fourth-order valence-electron chi connectivity index (χ4n) is 4.14. The zero-order valence-electron chi connectivity index (χ0n) is 15.8. The molecule has 25 heavy (non-hydrogen) atoms. The minimum absolute atomic E-state index is 0.122. The predicted octanol–water partition coefficient (Wildman–Crippen LogP) is 2.45. The molecule has 0 unspecified atom stereocenters. The van der Waals surface area contributed by atoms with Gasteiger partial charge >= 0.3 is 0 Å². The molecule has 140 valence electrons. The molecular formula is C19H31N3O3. The van der Waals surface area contributed by atoms with E-state index in [0.29, 0.717) is 0 Å². The van der Waals surface area contributed by atoms with Crippen LogP contribution in [0.15, 0.2) is 6.20 Å². The van der Waals surface area contributed by atoms with Crippen LogP contribution in [0.2, 0.25) is 0 Å². The lowest BCUT2D eigenvalue weighted by molar-refractivity contribution is -0.292. The Morgan fingerprint density at radius 2 is 1.84 bits per heavy atom. The molecule has 0 amide bonds. The first kappa shape index (κ1) is 17.5. The van der Waals surface area contributed by atoms with Gasteiger partial charge in [0.05, 0.1) is 31.7 Å². The van der Waals surface area contributed by atoms with E-state index >= 15 is 0 Å². The summed E-state index contributed by atoms with van der Waals surface area (Å²) in [6.07, 6.45) is 5.89. The van der Waals surface area contributed by atoms with Crippen LogP contribution in [0.4, 0.5) is 0 Å². The number of aromatic nitrogens is 2. The van der Waals surface area contributed by atoms with Crippen molar-refractivity contribution in [3.8, 4) is 0 Å². The third-order valence-corrected chi connectivity index (χ3v) is 6.01. The molecule has 3 aliphatic heterocycles. The molecule has 1 aromatic heterocycles. The summed E-state index contributed by atoms with van der Waals surface area (Å²) in [7, 11) is 0. The first-order chi connectivity index (χ1) is 11.9. The first-order valence-electron chi connectivity index (χ1n) is 9.57. The van der Waals surface area contributed by atoms with Crippen LogP contribution in [0.3, 0.4) is 0 Å². The number of ether oxygens (including phenoxy) is 3. The maximum atomic E-state index is 6.23. The quantitative estimate of drug-likeness (QED) is 0.908. The van der Waals surface area contributed by atoms with Crippen LogP contribution in [-0.2, 0) is 26.2 Å². The summed E-state index contributed by atoms with van der Waals surface area (Å²) in [4.78, 5) is 2.51. The van der Waals surface area contributed by atoms with Crippen molar-refractivity contribution in [1.29, 1.82) is 0 Å². The Morgan fingerprint density at radius 3 is 2.56 bits per heavy atom. The van der Waals surface area contributed by atoms with Crippen molar-refractivity contribution < 1.29 is 14.2 Å². The van der Waals surface area contributed by atoms with E-state index in [1.165, 1.54) is 11.3 Å². The van der Waals surface area contributed by atoms with Crippen LogP contribution in [0.25, 0.3) is 0 Å². The van der Waals surface area contributed by atoms with Gasteiger partial charge in [0.25, 0.3) is 0 Å². The Bertz CT molecular complexity index is 595. The highest BCUT2D eigenvalue weighted by Crippen LogP contribution is 2.40. The van der Waals surface area contributed by atoms with Crippen molar-refractivity contribution in [2.24, 2.45) is 5.41 Å². The molecule has 2 fully saturated rings. The molecule has 0 aromatic carbocycles. The molecule has 0 saturated carbocycles. The number of fused-ring (bicyclic) bond motifs is 2. The molecule has 4 heterocycles. The predicted molar refractivity (Wildman–Crippen MR) is 94.3 cm³/mol. The zero-order chi connectivity index (χ0) is 17.5. The van der Waals surface area contributed by atoms with Crippen LogP contribution in [0.5, 0.6) is 0 Å². The zero-order valence-corrected chi connectivity index (χ0v) is 15.8. The molecule has 3 aliphatic rings. The van der Waals surface area contributed by atoms with Crippen LogP contribution in [0.1, 0.15) is 51.3 Å². The van der Waals surface area contributed by atoms with E-state index in [9.17, 15) is 0 Å². The number of nitrogens with zero attached hydrogens (tertiary/aromatic N) is 2. The molecule has 1 spiro atoms. The van der Waals surface area contributed by atoms with Gasteiger partial charge in [0.15, 0.2) is 5.79 Å². The van der Waals surface area contributed by atoms with Crippen LogP contribution in [-0.4, -0.2) is 60.3 Å². The fraction of sp³-hybridized carbons (Fsp3) is 0.842. The second kappa shape index (κ2) is 6.34. The summed E-state index contributed by atoms with van der Waals surface area (Å²) in [6.45, 7) is 11.9. The number of hydrogen-bond acceptors (Lipinski definition) is 5. The van der Waals surface area contributed by atoms with E-state index in [2.05, 4.69) is 35.9 Å². The van der Waals surface area contributed by atoms with Gasteiger partial charge in [0.1, 0.15) is 5.60 Å². The van der Waals surface area contributed by atoms with Crippen molar-refractivity contribution in [3.63, 3.8) is 0 Å². The maximum absolute atomic E-state index is 6.23. The molecule has 0 atom stereocenters. The average Bonchev–Trinajstić information content (AvgIpc) is 3.08. The van der Waals surface area contributed by atoms with E-state index in [4.69, 9.17) is 14.2 Å². The molecule has 0 aliphatic carbocycles. The normalized spacial score (nSPS) is 28.0. The van der Waals surface area contributed by atoms with Crippen LogP contribution >= 0.6 is 0 Å². The lowest BCUT2D eigenvalue weighted by Crippen LogP contribution is -2.50. The summed E-state index contributed by atoms with van der Waals surface area (Å²) in [5.74, 6) is -0.442. The maximum Gasteiger partial charge on any atom is 0.166 e. The highest BCUT2D eigenvalue weighted by Gasteiger charge is 2.43. The Morgan fingerprint density at radius 1 is 1.12 bits per heavy atom. The van der Waals surface area contributed by atoms with Crippen LogP contribution in [0, 0.1) is 5.41 Å². The fourth-order valence-corrected chi connectivity index (χ4v) is 4.14. The van der Waals surface area contributed by atoms with Crippen molar-refractivity contribution in [2.45, 2.75) is 57.8 Å². The lowest BCUT2D eigenvalue weighted by Gasteiger charge is -2.45. The Hall–Kier alpha value is -0.950. The molecule has 1 N–H and O–H groups in total. The second-order valence-corrected chi connectivity index (χ2v) is 8.83. The number of rotatable bonds is 3. The molecule has 4 rings (SSSR count). The van der Waals surface area contributed by atoms with Gasteiger partial charge in [0.2, 0.25) is 0 Å². The third kappa shape index (κ3) is 3.50. The van der Waals surface area contributed by atoms with Gasteiger partial charge in [-0.05, 0) is 31.7 Å². The molecule has 1 aromatic rings. The van der Waals surface area contributed by atoms with E-state index in [1.54, 1.807) is 0 Å². The van der Waals surface area contributed by atoms with E-state index in [0.717, 1.165) is 65.1 Å². The summed E-state index contributed by atoms with van der Waals surface area (Å²) in [5, 5.41) is 7.44. The number of hydrogen-bond donors (Lipinski definition) is 1. The number of nitrogens with one attached hydrogen (secondary N) is 1. The van der Waals surface area contributed by atoms with E-state index < -0.39 is 5.79 Å². The Kier molecular flexibility index (Phi) is 4.43. The summed E-state index contributed by atoms with van der Waals surface area (Å²) in [6, 6.07) is 0. The summed E-state index contributed by atoms with van der Waals surface area (Å²) in [5.41, 5.74) is 2.52. The number of likely N-dealkylation sites (tertiary alicyclic amines) is 1. The lowest BCUT2D eigenvalue weighted by atomic mass is 9.83. The smallest absolute Gasteiger partial charge is 0.166 e. The minimum Gasteiger partial charge on any atom is -0.368 e. The largest absolute Gasteiger partial charge is 0.368 e. The van der Waals surface area contributed by atoms with Crippen molar-refractivity contribution in [2.75, 3.05) is 39.5 Å². The molecular weight excluding hydrogens is 318 g/mol. The summed E-state index contributed by atoms with van der Waals surface area (Å²) < 4.78 is 18.3. The molecule has 0 radical (unpaired) electrons. The number of aromatic amines is 1. The highest BCUT2D eigenvalue weighted by atomic mass is 16.7. The monoisotopic (exact) mass is 349 g/mol. The standard InChI is InChI=1S/C19H31N3O3/c1-17(2)13-24-18(3,25-14-17)5-8-22-9-6-19(7-10-22)16-15(4-11-23-19)12-20-21-16/h12H,4-11,13-14H2,1-3H3,(H,20,21). The van der Waals surface area contributed by atoms with Crippen LogP contribution < -0.4 is 0 Å². The topological polar surface area (TPSA) is 59.6 Å². The highest BCUT2D eigenvalue weighted by molar-refractivity contribution is 5.26. The number of H-pyrrole nitrogens is 1. The second-order valence-electron chi connectivity index (χ2n) is 8.83. The van der Waals surface area contributed by atoms with Gasteiger partial charge in [-0.1, -0.05) is 13.8 Å². The van der Waals surface area contributed by atoms with Gasteiger partial charge in [0, 0.05) is 31.5 Å². The van der Waals surface area contributed by atoms with Gasteiger partial charge in [-0.25, -0.2) is 0 Å². The molecule has 6 nitrogen and oxygen atoms in total. The molecule has 6 heteroatoms. The van der Waals surface area contributed by atoms with Gasteiger partial charge in [-0.2, -0.15) is 5.10 Å². The molecule has 0 bridgehead atoms. The summed E-state index contributed by atoms with van der Waals surface area (Å²) >= 11 is 0. The number of piperidine rings is 1. The third-order valence-electron chi connectivity index (χ3n) is 6.01. The minimum atomic E-state index is -0.442. The van der Waals surface area contributed by atoms with E-state index in [1.807, 2.05) is 6.20 Å².